The highest BCUT2D eigenvalue weighted by molar-refractivity contribution is 6.21. The van der Waals surface area contributed by atoms with E-state index in [4.69, 9.17) is 0 Å². The van der Waals surface area contributed by atoms with Crippen LogP contribution < -0.4 is 4.90 Å². The van der Waals surface area contributed by atoms with E-state index >= 15 is 0 Å². The zero-order valence-electron chi connectivity index (χ0n) is 16.0. The van der Waals surface area contributed by atoms with Crippen LogP contribution in [0.4, 0.5) is 10.1 Å². The van der Waals surface area contributed by atoms with Crippen molar-refractivity contribution in [2.24, 2.45) is 0 Å². The summed E-state index contributed by atoms with van der Waals surface area (Å²) in [6, 6.07) is 13.1. The van der Waals surface area contributed by atoms with Crippen molar-refractivity contribution in [2.75, 3.05) is 37.6 Å². The number of hydrogen-bond donors (Lipinski definition) is 0. The van der Waals surface area contributed by atoms with Crippen LogP contribution in [-0.2, 0) is 4.79 Å². The molecular weight excluding hydrogens is 373 g/mol. The van der Waals surface area contributed by atoms with Crippen molar-refractivity contribution in [1.82, 2.24) is 9.80 Å². The van der Waals surface area contributed by atoms with Crippen molar-refractivity contribution >= 4 is 23.4 Å². The molecule has 2 aromatic carbocycles. The summed E-state index contributed by atoms with van der Waals surface area (Å²) in [5, 5.41) is 0. The Morgan fingerprint density at radius 1 is 0.862 bits per heavy atom. The molecule has 2 aliphatic rings. The summed E-state index contributed by atoms with van der Waals surface area (Å²) in [7, 11) is 0. The number of halogens is 1. The molecule has 29 heavy (non-hydrogen) atoms. The molecule has 4 rings (SSSR count). The Morgan fingerprint density at radius 3 is 2.03 bits per heavy atom. The first-order chi connectivity index (χ1) is 14.0. The lowest BCUT2D eigenvalue weighted by atomic mass is 10.1. The topological polar surface area (TPSA) is 60.9 Å². The first-order valence-corrected chi connectivity index (χ1v) is 9.78. The fourth-order valence-corrected chi connectivity index (χ4v) is 3.85. The van der Waals surface area contributed by atoms with Gasteiger partial charge in [0, 0.05) is 44.8 Å². The molecule has 0 aromatic heterocycles. The molecule has 3 amide bonds. The van der Waals surface area contributed by atoms with Gasteiger partial charge in [0.25, 0.3) is 11.8 Å². The van der Waals surface area contributed by atoms with Crippen LogP contribution in [0.15, 0.2) is 48.5 Å². The number of rotatable bonds is 5. The van der Waals surface area contributed by atoms with E-state index in [1.807, 2.05) is 4.90 Å². The molecule has 2 heterocycles. The maximum absolute atomic E-state index is 13.1. The molecule has 7 heteroatoms. The SMILES string of the molecule is O=C(CCCN1C(=O)c2ccccc2C1=O)N1CCN(c2ccc(F)cc2)CC1. The Bertz CT molecular complexity index is 902. The minimum absolute atomic E-state index is 0.0281. The van der Waals surface area contributed by atoms with Gasteiger partial charge >= 0.3 is 0 Å². The summed E-state index contributed by atoms with van der Waals surface area (Å²) in [4.78, 5) is 42.4. The number of nitrogens with zero attached hydrogens (tertiary/aromatic N) is 3. The van der Waals surface area contributed by atoms with Gasteiger partial charge in [-0.15, -0.1) is 0 Å². The van der Waals surface area contributed by atoms with Crippen molar-refractivity contribution in [3.63, 3.8) is 0 Å². The number of carbonyl (C=O) groups is 3. The Balaban J connectivity index is 1.24. The summed E-state index contributed by atoms with van der Waals surface area (Å²) in [5.41, 5.74) is 1.81. The monoisotopic (exact) mass is 395 g/mol. The van der Waals surface area contributed by atoms with E-state index in [-0.39, 0.29) is 30.1 Å². The molecule has 0 bridgehead atoms. The second-order valence-electron chi connectivity index (χ2n) is 7.26. The Labute approximate surface area is 168 Å². The first-order valence-electron chi connectivity index (χ1n) is 9.78. The van der Waals surface area contributed by atoms with Crippen LogP contribution in [0.1, 0.15) is 33.6 Å². The summed E-state index contributed by atoms with van der Waals surface area (Å²) in [5.74, 6) is -0.807. The van der Waals surface area contributed by atoms with Gasteiger partial charge in [-0.1, -0.05) is 12.1 Å². The number of hydrogen-bond acceptors (Lipinski definition) is 4. The highest BCUT2D eigenvalue weighted by atomic mass is 19.1. The van der Waals surface area contributed by atoms with Crippen LogP contribution in [-0.4, -0.2) is 60.2 Å². The van der Waals surface area contributed by atoms with Gasteiger partial charge in [0.1, 0.15) is 5.82 Å². The predicted octanol–water partition coefficient (Wildman–Crippen LogP) is 2.55. The van der Waals surface area contributed by atoms with Crippen molar-refractivity contribution in [3.05, 3.63) is 65.5 Å². The summed E-state index contributed by atoms with van der Waals surface area (Å²) in [6.07, 6.45) is 0.742. The number of fused-ring (bicyclic) bond motifs is 1. The molecule has 1 fully saturated rings. The molecule has 0 saturated carbocycles. The molecule has 2 aliphatic heterocycles. The van der Waals surface area contributed by atoms with E-state index < -0.39 is 0 Å². The molecule has 1 saturated heterocycles. The number of piperazine rings is 1. The maximum atomic E-state index is 13.1. The van der Waals surface area contributed by atoms with Crippen LogP contribution in [0, 0.1) is 5.82 Å². The summed E-state index contributed by atoms with van der Waals surface area (Å²) >= 11 is 0. The average Bonchev–Trinajstić information content (AvgIpc) is 2.99. The fraction of sp³-hybridized carbons (Fsp3) is 0.318. The van der Waals surface area contributed by atoms with Gasteiger partial charge in [0.2, 0.25) is 5.91 Å². The highest BCUT2D eigenvalue weighted by Gasteiger charge is 2.34. The third kappa shape index (κ3) is 3.85. The molecule has 150 valence electrons. The van der Waals surface area contributed by atoms with Crippen molar-refractivity contribution in [1.29, 1.82) is 0 Å². The quantitative estimate of drug-likeness (QED) is 0.730. The van der Waals surface area contributed by atoms with E-state index in [9.17, 15) is 18.8 Å². The number of carbonyl (C=O) groups excluding carboxylic acids is 3. The van der Waals surface area contributed by atoms with E-state index in [0.29, 0.717) is 50.1 Å². The number of amides is 3. The second-order valence-corrected chi connectivity index (χ2v) is 7.26. The van der Waals surface area contributed by atoms with Gasteiger partial charge < -0.3 is 9.80 Å². The molecule has 0 spiro atoms. The Kier molecular flexibility index (Phi) is 5.29. The van der Waals surface area contributed by atoms with Crippen LogP contribution >= 0.6 is 0 Å². The van der Waals surface area contributed by atoms with E-state index in [0.717, 1.165) is 5.69 Å². The van der Waals surface area contributed by atoms with Gasteiger partial charge in [-0.2, -0.15) is 0 Å². The zero-order chi connectivity index (χ0) is 20.4. The van der Waals surface area contributed by atoms with Gasteiger partial charge in [0.05, 0.1) is 11.1 Å². The largest absolute Gasteiger partial charge is 0.368 e. The van der Waals surface area contributed by atoms with Crippen molar-refractivity contribution < 1.29 is 18.8 Å². The lowest BCUT2D eigenvalue weighted by Crippen LogP contribution is -2.48. The molecule has 0 unspecified atom stereocenters. The fourth-order valence-electron chi connectivity index (χ4n) is 3.85. The molecule has 0 N–H and O–H groups in total. The summed E-state index contributed by atoms with van der Waals surface area (Å²) in [6.45, 7) is 2.83. The van der Waals surface area contributed by atoms with E-state index in [1.54, 1.807) is 36.4 Å². The molecule has 0 radical (unpaired) electrons. The molecule has 6 nitrogen and oxygen atoms in total. The highest BCUT2D eigenvalue weighted by Crippen LogP contribution is 2.23. The molecule has 2 aromatic rings. The number of benzene rings is 2. The third-order valence-corrected chi connectivity index (χ3v) is 5.47. The minimum Gasteiger partial charge on any atom is -0.368 e. The van der Waals surface area contributed by atoms with Gasteiger partial charge in [-0.3, -0.25) is 19.3 Å². The molecule has 0 atom stereocenters. The lowest BCUT2D eigenvalue weighted by Gasteiger charge is -2.36. The van der Waals surface area contributed by atoms with Gasteiger partial charge in [0.15, 0.2) is 0 Å². The third-order valence-electron chi connectivity index (χ3n) is 5.47. The van der Waals surface area contributed by atoms with Crippen LogP contribution in [0.5, 0.6) is 0 Å². The van der Waals surface area contributed by atoms with Crippen LogP contribution in [0.3, 0.4) is 0 Å². The van der Waals surface area contributed by atoms with Crippen molar-refractivity contribution in [3.8, 4) is 0 Å². The Morgan fingerprint density at radius 2 is 1.45 bits per heavy atom. The maximum Gasteiger partial charge on any atom is 0.261 e. The normalized spacial score (nSPS) is 16.4. The summed E-state index contributed by atoms with van der Waals surface area (Å²) < 4.78 is 13.1. The smallest absolute Gasteiger partial charge is 0.261 e. The lowest BCUT2D eigenvalue weighted by molar-refractivity contribution is -0.131. The standard InChI is InChI=1S/C22H22FN3O3/c23-16-7-9-17(10-8-16)24-12-14-25(15-13-24)20(27)6-3-11-26-21(28)18-4-1-2-5-19(18)22(26)29/h1-2,4-5,7-10H,3,6,11-15H2. The second kappa shape index (κ2) is 8.03. The van der Waals surface area contributed by atoms with Crippen LogP contribution in [0.25, 0.3) is 0 Å². The van der Waals surface area contributed by atoms with Crippen LogP contribution in [0.2, 0.25) is 0 Å². The van der Waals surface area contributed by atoms with Crippen molar-refractivity contribution in [2.45, 2.75) is 12.8 Å². The van der Waals surface area contributed by atoms with Gasteiger partial charge in [-0.05, 0) is 42.8 Å². The van der Waals surface area contributed by atoms with E-state index in [2.05, 4.69) is 4.90 Å². The van der Waals surface area contributed by atoms with E-state index in [1.165, 1.54) is 17.0 Å². The number of imide groups is 1. The first kappa shape index (κ1) is 19.1. The zero-order valence-corrected chi connectivity index (χ0v) is 16.0. The van der Waals surface area contributed by atoms with Gasteiger partial charge in [-0.25, -0.2) is 4.39 Å². The number of anilines is 1. The predicted molar refractivity (Wildman–Crippen MR) is 106 cm³/mol. The minimum atomic E-state index is -0.286. The molecular formula is C22H22FN3O3. The average molecular weight is 395 g/mol. The molecule has 0 aliphatic carbocycles. The Hall–Kier alpha value is -3.22.